The average molecular weight is 288 g/mol. The Morgan fingerprint density at radius 2 is 1.86 bits per heavy atom. The third-order valence-corrected chi connectivity index (χ3v) is 3.41. The van der Waals surface area contributed by atoms with Gasteiger partial charge in [0, 0.05) is 0 Å². The van der Waals surface area contributed by atoms with Crippen molar-refractivity contribution in [2.75, 3.05) is 0 Å². The van der Waals surface area contributed by atoms with Gasteiger partial charge in [0.1, 0.15) is 5.57 Å². The highest BCUT2D eigenvalue weighted by atomic mass is 16.6. The van der Waals surface area contributed by atoms with Crippen molar-refractivity contribution in [3.05, 3.63) is 41.2 Å². The molecule has 112 valence electrons. The molecule has 0 radical (unpaired) electrons. The number of hydrogen-bond donors (Lipinski definition) is 0. The van der Waals surface area contributed by atoms with Gasteiger partial charge in [-0.1, -0.05) is 38.1 Å². The summed E-state index contributed by atoms with van der Waals surface area (Å²) in [5.41, 5.74) is 1.06. The SMILES string of the molecule is Cc1ccccc1C1=C(OC(=O)C(C)C)C(C)(C)OC1=O. The second kappa shape index (κ2) is 5.35. The van der Waals surface area contributed by atoms with E-state index in [1.54, 1.807) is 27.7 Å². The highest BCUT2D eigenvalue weighted by molar-refractivity contribution is 6.20. The summed E-state index contributed by atoms with van der Waals surface area (Å²) in [6, 6.07) is 7.47. The zero-order chi connectivity index (χ0) is 15.8. The van der Waals surface area contributed by atoms with Crippen molar-refractivity contribution in [2.24, 2.45) is 5.92 Å². The van der Waals surface area contributed by atoms with E-state index in [1.807, 2.05) is 31.2 Å². The van der Waals surface area contributed by atoms with Crippen molar-refractivity contribution >= 4 is 17.5 Å². The lowest BCUT2D eigenvalue weighted by Crippen LogP contribution is -2.27. The number of rotatable bonds is 3. The van der Waals surface area contributed by atoms with E-state index in [4.69, 9.17) is 9.47 Å². The number of ether oxygens (including phenoxy) is 2. The Morgan fingerprint density at radius 1 is 1.24 bits per heavy atom. The van der Waals surface area contributed by atoms with Crippen LogP contribution < -0.4 is 0 Å². The number of aryl methyl sites for hydroxylation is 1. The van der Waals surface area contributed by atoms with Gasteiger partial charge >= 0.3 is 11.9 Å². The third-order valence-electron chi connectivity index (χ3n) is 3.41. The van der Waals surface area contributed by atoms with Gasteiger partial charge < -0.3 is 9.47 Å². The molecule has 0 aliphatic carbocycles. The number of esters is 2. The Hall–Kier alpha value is -2.10. The number of hydrogen-bond acceptors (Lipinski definition) is 4. The minimum absolute atomic E-state index is 0.276. The molecule has 2 rings (SSSR count). The maximum atomic E-state index is 12.2. The molecule has 4 nitrogen and oxygen atoms in total. The van der Waals surface area contributed by atoms with Crippen molar-refractivity contribution < 1.29 is 19.1 Å². The fourth-order valence-electron chi connectivity index (χ4n) is 2.20. The fourth-order valence-corrected chi connectivity index (χ4v) is 2.20. The van der Waals surface area contributed by atoms with Crippen LogP contribution in [0.5, 0.6) is 0 Å². The minimum Gasteiger partial charge on any atom is -0.448 e. The molecule has 0 fully saturated rings. The van der Waals surface area contributed by atoms with Crippen molar-refractivity contribution in [3.63, 3.8) is 0 Å². The van der Waals surface area contributed by atoms with Crippen LogP contribution in [0.3, 0.4) is 0 Å². The van der Waals surface area contributed by atoms with E-state index in [0.29, 0.717) is 11.3 Å². The standard InChI is InChI=1S/C17H20O4/c1-10(2)15(18)20-14-13(16(19)21-17(14,4)5)12-9-7-6-8-11(12)3/h6-10H,1-5H3. The van der Waals surface area contributed by atoms with Gasteiger partial charge in [0.25, 0.3) is 0 Å². The Labute approximate surface area is 124 Å². The number of carbonyl (C=O) groups excluding carboxylic acids is 2. The molecule has 0 spiro atoms. The first-order chi connectivity index (χ1) is 9.74. The summed E-state index contributed by atoms with van der Waals surface area (Å²) >= 11 is 0. The van der Waals surface area contributed by atoms with Crippen LogP contribution in [0.15, 0.2) is 30.0 Å². The molecule has 0 N–H and O–H groups in total. The smallest absolute Gasteiger partial charge is 0.343 e. The Balaban J connectivity index is 2.57. The maximum Gasteiger partial charge on any atom is 0.343 e. The summed E-state index contributed by atoms with van der Waals surface area (Å²) in [6.45, 7) is 8.85. The van der Waals surface area contributed by atoms with Gasteiger partial charge in [0.15, 0.2) is 11.4 Å². The molecule has 0 aromatic heterocycles. The number of benzene rings is 1. The average Bonchev–Trinajstić information content (AvgIpc) is 2.60. The molecule has 0 unspecified atom stereocenters. The van der Waals surface area contributed by atoms with Crippen LogP contribution in [0.2, 0.25) is 0 Å². The predicted molar refractivity (Wildman–Crippen MR) is 79.2 cm³/mol. The third kappa shape index (κ3) is 2.84. The lowest BCUT2D eigenvalue weighted by Gasteiger charge is -2.21. The first-order valence-electron chi connectivity index (χ1n) is 7.00. The highest BCUT2D eigenvalue weighted by Crippen LogP contribution is 2.39. The quantitative estimate of drug-likeness (QED) is 0.801. The molecule has 21 heavy (non-hydrogen) atoms. The molecule has 1 aromatic carbocycles. The van der Waals surface area contributed by atoms with Gasteiger partial charge in [-0.15, -0.1) is 0 Å². The van der Waals surface area contributed by atoms with Gasteiger partial charge in [-0.3, -0.25) is 4.79 Å². The van der Waals surface area contributed by atoms with E-state index < -0.39 is 11.6 Å². The minimum atomic E-state index is -0.945. The van der Waals surface area contributed by atoms with E-state index in [0.717, 1.165) is 11.1 Å². The Kier molecular flexibility index (Phi) is 3.90. The maximum absolute atomic E-state index is 12.2. The lowest BCUT2D eigenvalue weighted by atomic mass is 9.96. The molecule has 0 amide bonds. The van der Waals surface area contributed by atoms with Crippen molar-refractivity contribution in [3.8, 4) is 0 Å². The molecule has 0 atom stereocenters. The largest absolute Gasteiger partial charge is 0.448 e. The first kappa shape index (κ1) is 15.3. The van der Waals surface area contributed by atoms with Crippen LogP contribution >= 0.6 is 0 Å². The summed E-state index contributed by atoms with van der Waals surface area (Å²) in [5.74, 6) is -0.814. The monoisotopic (exact) mass is 288 g/mol. The molecular weight excluding hydrogens is 268 g/mol. The molecule has 0 bridgehead atoms. The molecule has 0 saturated heterocycles. The Morgan fingerprint density at radius 3 is 2.43 bits per heavy atom. The summed E-state index contributed by atoms with van der Waals surface area (Å²) in [5, 5.41) is 0. The van der Waals surface area contributed by atoms with Gasteiger partial charge in [0.05, 0.1) is 5.92 Å². The summed E-state index contributed by atoms with van der Waals surface area (Å²) < 4.78 is 10.8. The zero-order valence-electron chi connectivity index (χ0n) is 13.0. The molecule has 4 heteroatoms. The Bertz CT molecular complexity index is 623. The molecule has 0 saturated carbocycles. The van der Waals surface area contributed by atoms with Gasteiger partial charge in [-0.05, 0) is 31.9 Å². The van der Waals surface area contributed by atoms with Crippen molar-refractivity contribution in [1.82, 2.24) is 0 Å². The van der Waals surface area contributed by atoms with E-state index in [-0.39, 0.29) is 11.9 Å². The van der Waals surface area contributed by atoms with Crippen LogP contribution in [0, 0.1) is 12.8 Å². The van der Waals surface area contributed by atoms with E-state index >= 15 is 0 Å². The van der Waals surface area contributed by atoms with E-state index in [1.165, 1.54) is 0 Å². The second-order valence-electron chi connectivity index (χ2n) is 5.99. The number of carbonyl (C=O) groups is 2. The van der Waals surface area contributed by atoms with Gasteiger partial charge in [-0.2, -0.15) is 0 Å². The first-order valence-corrected chi connectivity index (χ1v) is 7.00. The lowest BCUT2D eigenvalue weighted by molar-refractivity contribution is -0.151. The topological polar surface area (TPSA) is 52.6 Å². The van der Waals surface area contributed by atoms with Crippen LogP contribution in [-0.4, -0.2) is 17.5 Å². The number of cyclic esters (lactones) is 1. The van der Waals surface area contributed by atoms with Gasteiger partial charge in [0.2, 0.25) is 0 Å². The highest BCUT2D eigenvalue weighted by Gasteiger charge is 2.44. The molecule has 1 aliphatic heterocycles. The second-order valence-corrected chi connectivity index (χ2v) is 5.99. The molecule has 1 aliphatic rings. The zero-order valence-corrected chi connectivity index (χ0v) is 13.0. The van der Waals surface area contributed by atoms with Crippen LogP contribution in [0.4, 0.5) is 0 Å². The summed E-state index contributed by atoms with van der Waals surface area (Å²) in [4.78, 5) is 24.2. The fraction of sp³-hybridized carbons (Fsp3) is 0.412. The van der Waals surface area contributed by atoms with Crippen LogP contribution in [0.25, 0.3) is 5.57 Å². The normalized spacial score (nSPS) is 17.1. The molecule has 1 heterocycles. The van der Waals surface area contributed by atoms with Gasteiger partial charge in [-0.25, -0.2) is 4.79 Å². The predicted octanol–water partition coefficient (Wildman–Crippen LogP) is 3.24. The van der Waals surface area contributed by atoms with E-state index in [2.05, 4.69) is 0 Å². The van der Waals surface area contributed by atoms with Crippen LogP contribution in [0.1, 0.15) is 38.8 Å². The summed E-state index contributed by atoms with van der Waals surface area (Å²) in [6.07, 6.45) is 0. The van der Waals surface area contributed by atoms with Crippen LogP contribution in [-0.2, 0) is 19.1 Å². The molecule has 1 aromatic rings. The molecular formula is C17H20O4. The van der Waals surface area contributed by atoms with E-state index in [9.17, 15) is 9.59 Å². The van der Waals surface area contributed by atoms with Crippen molar-refractivity contribution in [1.29, 1.82) is 0 Å². The van der Waals surface area contributed by atoms with Crippen molar-refractivity contribution in [2.45, 2.75) is 40.2 Å². The summed E-state index contributed by atoms with van der Waals surface area (Å²) in [7, 11) is 0.